The van der Waals surface area contributed by atoms with Gasteiger partial charge >= 0.3 is 0 Å². The molecule has 0 unspecified atom stereocenters. The van der Waals surface area contributed by atoms with E-state index < -0.39 is 0 Å². The van der Waals surface area contributed by atoms with Crippen molar-refractivity contribution in [2.75, 3.05) is 0 Å². The summed E-state index contributed by atoms with van der Waals surface area (Å²) in [7, 11) is 0. The molecule has 1 N–H and O–H groups in total. The number of H-pyrrole nitrogens is 1. The minimum Gasteiger partial charge on any atom is -0.339 e. The van der Waals surface area contributed by atoms with Crippen LogP contribution in [0.3, 0.4) is 0 Å². The molecule has 5 aromatic rings. The molecule has 4 heteroatoms. The molecule has 0 spiro atoms. The van der Waals surface area contributed by atoms with Crippen molar-refractivity contribution in [1.82, 2.24) is 14.6 Å². The Morgan fingerprint density at radius 2 is 1.50 bits per heavy atom. The molecule has 0 atom stereocenters. The lowest BCUT2D eigenvalue weighted by atomic mass is 10.0. The van der Waals surface area contributed by atoms with Crippen LogP contribution in [0.15, 0.2) is 95.8 Å². The van der Waals surface area contributed by atoms with Gasteiger partial charge in [-0.05, 0) is 23.6 Å². The third-order valence-electron chi connectivity index (χ3n) is 5.33. The van der Waals surface area contributed by atoms with E-state index in [-0.39, 0.29) is 5.56 Å². The number of aromatic amines is 1. The first kappa shape index (κ1) is 18.1. The molecule has 0 aliphatic heterocycles. The second kappa shape index (κ2) is 7.48. The first-order valence-corrected chi connectivity index (χ1v) is 10.0. The predicted molar refractivity (Wildman–Crippen MR) is 121 cm³/mol. The van der Waals surface area contributed by atoms with Gasteiger partial charge in [0, 0.05) is 18.1 Å². The van der Waals surface area contributed by atoms with Crippen LogP contribution in [-0.4, -0.2) is 14.6 Å². The molecule has 146 valence electrons. The van der Waals surface area contributed by atoms with Gasteiger partial charge in [0.05, 0.1) is 11.4 Å². The van der Waals surface area contributed by atoms with Gasteiger partial charge in [-0.1, -0.05) is 90.5 Å². The van der Waals surface area contributed by atoms with Crippen molar-refractivity contribution in [3.05, 3.63) is 118 Å². The maximum Gasteiger partial charge on any atom is 0.274 e. The Kier molecular flexibility index (Phi) is 4.52. The van der Waals surface area contributed by atoms with Crippen molar-refractivity contribution in [1.29, 1.82) is 0 Å². The molecule has 0 radical (unpaired) electrons. The summed E-state index contributed by atoms with van der Waals surface area (Å²) >= 11 is 0. The topological polar surface area (TPSA) is 50.2 Å². The van der Waals surface area contributed by atoms with Crippen molar-refractivity contribution in [2.24, 2.45) is 0 Å². The number of rotatable bonds is 4. The van der Waals surface area contributed by atoms with E-state index in [1.54, 1.807) is 6.07 Å². The zero-order valence-electron chi connectivity index (χ0n) is 16.7. The summed E-state index contributed by atoms with van der Waals surface area (Å²) in [5, 5.41) is 4.71. The maximum atomic E-state index is 13.0. The van der Waals surface area contributed by atoms with E-state index >= 15 is 0 Å². The zero-order valence-corrected chi connectivity index (χ0v) is 16.7. The van der Waals surface area contributed by atoms with E-state index in [9.17, 15) is 4.79 Å². The highest BCUT2D eigenvalue weighted by Gasteiger charge is 2.18. The highest BCUT2D eigenvalue weighted by molar-refractivity contribution is 5.81. The molecule has 0 saturated carbocycles. The molecule has 0 bridgehead atoms. The molecule has 0 aliphatic carbocycles. The molecule has 0 aliphatic rings. The summed E-state index contributed by atoms with van der Waals surface area (Å²) in [6.45, 7) is 2.05. The lowest BCUT2D eigenvalue weighted by Gasteiger charge is -2.06. The SMILES string of the molecule is Cc1ccc(-c2cc(=O)n3nc(Cc4ccccc4)c(-c4ccccc4)c3[nH]2)cc1. The Hall–Kier alpha value is -3.92. The van der Waals surface area contributed by atoms with Crippen molar-refractivity contribution in [3.8, 4) is 22.4 Å². The Morgan fingerprint density at radius 3 is 2.20 bits per heavy atom. The second-order valence-electron chi connectivity index (χ2n) is 7.50. The van der Waals surface area contributed by atoms with Crippen LogP contribution in [0.25, 0.3) is 28.0 Å². The number of benzene rings is 3. The van der Waals surface area contributed by atoms with E-state index in [0.717, 1.165) is 39.3 Å². The van der Waals surface area contributed by atoms with Crippen molar-refractivity contribution in [3.63, 3.8) is 0 Å². The third kappa shape index (κ3) is 3.33. The highest BCUT2D eigenvalue weighted by Crippen LogP contribution is 2.29. The lowest BCUT2D eigenvalue weighted by Crippen LogP contribution is -2.14. The van der Waals surface area contributed by atoms with Crippen molar-refractivity contribution < 1.29 is 0 Å². The van der Waals surface area contributed by atoms with E-state index in [2.05, 4.69) is 36.2 Å². The molecular weight excluding hydrogens is 370 g/mol. The quantitative estimate of drug-likeness (QED) is 0.455. The van der Waals surface area contributed by atoms with Crippen LogP contribution < -0.4 is 5.56 Å². The Morgan fingerprint density at radius 1 is 0.833 bits per heavy atom. The average Bonchev–Trinajstić information content (AvgIpc) is 3.14. The van der Waals surface area contributed by atoms with Gasteiger partial charge in [0.2, 0.25) is 0 Å². The molecule has 0 fully saturated rings. The fraction of sp³-hybridized carbons (Fsp3) is 0.0769. The maximum absolute atomic E-state index is 13.0. The smallest absolute Gasteiger partial charge is 0.274 e. The Balaban J connectivity index is 1.75. The average molecular weight is 391 g/mol. The Bertz CT molecular complexity index is 1370. The number of aromatic nitrogens is 3. The van der Waals surface area contributed by atoms with Gasteiger partial charge in [-0.2, -0.15) is 9.61 Å². The minimum absolute atomic E-state index is 0.143. The molecule has 2 aromatic heterocycles. The van der Waals surface area contributed by atoms with E-state index in [1.807, 2.05) is 60.7 Å². The number of hydrogen-bond acceptors (Lipinski definition) is 2. The van der Waals surface area contributed by atoms with Crippen LogP contribution in [0, 0.1) is 6.92 Å². The zero-order chi connectivity index (χ0) is 20.5. The fourth-order valence-corrected chi connectivity index (χ4v) is 3.80. The van der Waals surface area contributed by atoms with Gasteiger partial charge in [-0.15, -0.1) is 0 Å². The van der Waals surface area contributed by atoms with Gasteiger partial charge in [0.25, 0.3) is 5.56 Å². The van der Waals surface area contributed by atoms with Crippen LogP contribution in [0.4, 0.5) is 0 Å². The summed E-state index contributed by atoms with van der Waals surface area (Å²) < 4.78 is 1.48. The summed E-state index contributed by atoms with van der Waals surface area (Å²) in [6.07, 6.45) is 0.653. The molecule has 4 nitrogen and oxygen atoms in total. The van der Waals surface area contributed by atoms with Crippen molar-refractivity contribution in [2.45, 2.75) is 13.3 Å². The summed E-state index contributed by atoms with van der Waals surface area (Å²) in [5.41, 5.74) is 7.56. The van der Waals surface area contributed by atoms with E-state index in [4.69, 9.17) is 5.10 Å². The molecule has 3 aromatic carbocycles. The first-order valence-electron chi connectivity index (χ1n) is 10.0. The molecule has 2 heterocycles. The van der Waals surface area contributed by atoms with Crippen LogP contribution in [0.5, 0.6) is 0 Å². The summed E-state index contributed by atoms with van der Waals surface area (Å²) in [6, 6.07) is 30.1. The molecule has 5 rings (SSSR count). The number of nitrogens with one attached hydrogen (secondary N) is 1. The number of aryl methyl sites for hydroxylation is 1. The Labute approximate surface area is 174 Å². The lowest BCUT2D eigenvalue weighted by molar-refractivity contribution is 0.866. The van der Waals surface area contributed by atoms with Gasteiger partial charge in [-0.3, -0.25) is 4.79 Å². The molecule has 30 heavy (non-hydrogen) atoms. The van der Waals surface area contributed by atoms with Gasteiger partial charge in [0.1, 0.15) is 5.65 Å². The van der Waals surface area contributed by atoms with Crippen LogP contribution in [0.2, 0.25) is 0 Å². The minimum atomic E-state index is -0.143. The third-order valence-corrected chi connectivity index (χ3v) is 5.33. The number of nitrogens with zero attached hydrogens (tertiary/aromatic N) is 2. The summed E-state index contributed by atoms with van der Waals surface area (Å²) in [5.74, 6) is 0. The second-order valence-corrected chi connectivity index (χ2v) is 7.50. The molecule has 0 saturated heterocycles. The normalized spacial score (nSPS) is 11.1. The standard InChI is InChI=1S/C26H21N3O/c1-18-12-14-20(15-13-18)22-17-24(30)29-26(27-22)25(21-10-6-3-7-11-21)23(28-29)16-19-8-4-2-5-9-19/h2-15,17,27H,16H2,1H3. The van der Waals surface area contributed by atoms with Crippen LogP contribution in [-0.2, 0) is 6.42 Å². The number of fused-ring (bicyclic) bond motifs is 1. The largest absolute Gasteiger partial charge is 0.339 e. The molecule has 0 amide bonds. The van der Waals surface area contributed by atoms with E-state index in [1.165, 1.54) is 10.1 Å². The monoisotopic (exact) mass is 391 g/mol. The van der Waals surface area contributed by atoms with Gasteiger partial charge in [-0.25, -0.2) is 0 Å². The first-order chi connectivity index (χ1) is 14.7. The molecular formula is C26H21N3O. The van der Waals surface area contributed by atoms with Crippen LogP contribution >= 0.6 is 0 Å². The summed E-state index contributed by atoms with van der Waals surface area (Å²) in [4.78, 5) is 16.4. The highest BCUT2D eigenvalue weighted by atomic mass is 16.1. The van der Waals surface area contributed by atoms with Crippen molar-refractivity contribution >= 4 is 5.65 Å². The van der Waals surface area contributed by atoms with Crippen LogP contribution in [0.1, 0.15) is 16.8 Å². The van der Waals surface area contributed by atoms with E-state index in [0.29, 0.717) is 6.42 Å². The number of hydrogen-bond donors (Lipinski definition) is 1. The predicted octanol–water partition coefficient (Wildman–Crippen LogP) is 5.26. The van der Waals surface area contributed by atoms with Gasteiger partial charge in [0.15, 0.2) is 0 Å². The fourth-order valence-electron chi connectivity index (χ4n) is 3.80. The van der Waals surface area contributed by atoms with Gasteiger partial charge < -0.3 is 4.98 Å².